The van der Waals surface area contributed by atoms with Gasteiger partial charge in [0, 0.05) is 13.1 Å². The molecule has 3 heteroatoms. The summed E-state index contributed by atoms with van der Waals surface area (Å²) in [6.07, 6.45) is 3.77. The van der Waals surface area contributed by atoms with Crippen LogP contribution in [0.15, 0.2) is 54.6 Å². The van der Waals surface area contributed by atoms with Crippen molar-refractivity contribution in [3.05, 3.63) is 65.7 Å². The molecule has 0 aliphatic carbocycles. The van der Waals surface area contributed by atoms with Gasteiger partial charge in [-0.05, 0) is 55.4 Å². The molecule has 0 saturated carbocycles. The minimum atomic E-state index is 0.214. The monoisotopic (exact) mass is 337 g/mol. The van der Waals surface area contributed by atoms with Gasteiger partial charge in [-0.25, -0.2) is 0 Å². The van der Waals surface area contributed by atoms with Gasteiger partial charge >= 0.3 is 0 Å². The summed E-state index contributed by atoms with van der Waals surface area (Å²) in [4.78, 5) is 14.4. The number of nitrogens with zero attached hydrogens (tertiary/aromatic N) is 1. The molecule has 1 aliphatic rings. The van der Waals surface area contributed by atoms with Gasteiger partial charge in [-0.1, -0.05) is 42.5 Å². The summed E-state index contributed by atoms with van der Waals surface area (Å²) in [7, 11) is 0. The standard InChI is InChI=1S/C22H27NO2/c1-18-6-5-9-21(16-18)25-15-12-22(24)23-13-10-20(11-14-23)17-19-7-3-2-4-8-19/h2-9,16,20H,10-15,17H2,1H3. The van der Waals surface area contributed by atoms with Gasteiger partial charge in [-0.2, -0.15) is 0 Å². The van der Waals surface area contributed by atoms with Crippen molar-refractivity contribution in [2.45, 2.75) is 32.6 Å². The summed E-state index contributed by atoms with van der Waals surface area (Å²) in [5, 5.41) is 0. The molecule has 1 fully saturated rings. The lowest BCUT2D eigenvalue weighted by atomic mass is 9.90. The van der Waals surface area contributed by atoms with E-state index in [1.54, 1.807) is 0 Å². The van der Waals surface area contributed by atoms with Crippen LogP contribution in [0.3, 0.4) is 0 Å². The highest BCUT2D eigenvalue weighted by atomic mass is 16.5. The van der Waals surface area contributed by atoms with Gasteiger partial charge in [-0.3, -0.25) is 4.79 Å². The highest BCUT2D eigenvalue weighted by molar-refractivity contribution is 5.76. The number of carbonyl (C=O) groups is 1. The van der Waals surface area contributed by atoms with Crippen LogP contribution in [0.4, 0.5) is 0 Å². The van der Waals surface area contributed by atoms with Crippen LogP contribution in [0.5, 0.6) is 5.75 Å². The van der Waals surface area contributed by atoms with E-state index in [0.29, 0.717) is 18.9 Å². The molecule has 0 spiro atoms. The first-order valence-corrected chi connectivity index (χ1v) is 9.22. The first-order chi connectivity index (χ1) is 12.2. The summed E-state index contributed by atoms with van der Waals surface area (Å²) in [5.74, 6) is 1.75. The van der Waals surface area contributed by atoms with Crippen LogP contribution in [0.25, 0.3) is 0 Å². The maximum absolute atomic E-state index is 12.4. The second-order valence-corrected chi connectivity index (χ2v) is 6.93. The van der Waals surface area contributed by atoms with E-state index < -0.39 is 0 Å². The lowest BCUT2D eigenvalue weighted by molar-refractivity contribution is -0.133. The topological polar surface area (TPSA) is 29.5 Å². The van der Waals surface area contributed by atoms with E-state index in [1.165, 1.54) is 11.1 Å². The van der Waals surface area contributed by atoms with E-state index in [1.807, 2.05) is 36.1 Å². The molecule has 0 bridgehead atoms. The molecule has 0 aromatic heterocycles. The summed E-state index contributed by atoms with van der Waals surface area (Å²) in [6.45, 7) is 4.24. The van der Waals surface area contributed by atoms with Crippen molar-refractivity contribution in [3.8, 4) is 5.75 Å². The summed E-state index contributed by atoms with van der Waals surface area (Å²) >= 11 is 0. The van der Waals surface area contributed by atoms with Crippen molar-refractivity contribution >= 4 is 5.91 Å². The van der Waals surface area contributed by atoms with Crippen LogP contribution in [0.2, 0.25) is 0 Å². The normalized spacial score (nSPS) is 15.2. The average Bonchev–Trinajstić information content (AvgIpc) is 2.63. The quantitative estimate of drug-likeness (QED) is 0.789. The van der Waals surface area contributed by atoms with E-state index in [0.717, 1.165) is 38.1 Å². The number of benzene rings is 2. The first-order valence-electron chi connectivity index (χ1n) is 9.22. The molecule has 1 amide bonds. The van der Waals surface area contributed by atoms with E-state index in [2.05, 4.69) is 30.3 Å². The number of hydrogen-bond donors (Lipinski definition) is 0. The number of likely N-dealkylation sites (tertiary alicyclic amines) is 1. The number of carbonyl (C=O) groups excluding carboxylic acids is 1. The Morgan fingerprint density at radius 3 is 2.56 bits per heavy atom. The number of rotatable bonds is 6. The summed E-state index contributed by atoms with van der Waals surface area (Å²) in [5.41, 5.74) is 2.57. The van der Waals surface area contributed by atoms with Crippen molar-refractivity contribution in [1.82, 2.24) is 4.90 Å². The zero-order chi connectivity index (χ0) is 17.5. The third-order valence-electron chi connectivity index (χ3n) is 4.91. The Bertz CT molecular complexity index is 675. The van der Waals surface area contributed by atoms with Gasteiger partial charge in [0.25, 0.3) is 0 Å². The van der Waals surface area contributed by atoms with Crippen LogP contribution in [-0.4, -0.2) is 30.5 Å². The second kappa shape index (κ2) is 8.70. The van der Waals surface area contributed by atoms with Gasteiger partial charge < -0.3 is 9.64 Å². The largest absolute Gasteiger partial charge is 0.493 e. The zero-order valence-electron chi connectivity index (χ0n) is 15.0. The number of piperidine rings is 1. The Balaban J connectivity index is 1.38. The lowest BCUT2D eigenvalue weighted by Gasteiger charge is -2.32. The van der Waals surface area contributed by atoms with E-state index in [4.69, 9.17) is 4.74 Å². The first kappa shape index (κ1) is 17.5. The highest BCUT2D eigenvalue weighted by Gasteiger charge is 2.22. The number of ether oxygens (including phenoxy) is 1. The molecule has 3 rings (SSSR count). The molecule has 0 atom stereocenters. The molecule has 2 aromatic carbocycles. The second-order valence-electron chi connectivity index (χ2n) is 6.93. The highest BCUT2D eigenvalue weighted by Crippen LogP contribution is 2.22. The van der Waals surface area contributed by atoms with Crippen LogP contribution < -0.4 is 4.74 Å². The summed E-state index contributed by atoms with van der Waals surface area (Å²) < 4.78 is 5.70. The number of hydrogen-bond acceptors (Lipinski definition) is 2. The van der Waals surface area contributed by atoms with Crippen molar-refractivity contribution in [2.24, 2.45) is 5.92 Å². The number of amides is 1. The predicted octanol–water partition coefficient (Wildman–Crippen LogP) is 4.25. The Morgan fingerprint density at radius 1 is 1.08 bits per heavy atom. The molecule has 25 heavy (non-hydrogen) atoms. The van der Waals surface area contributed by atoms with Crippen molar-refractivity contribution in [1.29, 1.82) is 0 Å². The Morgan fingerprint density at radius 2 is 1.84 bits per heavy atom. The molecule has 0 unspecified atom stereocenters. The van der Waals surface area contributed by atoms with Gasteiger partial charge in [-0.15, -0.1) is 0 Å². The molecule has 0 N–H and O–H groups in total. The van der Waals surface area contributed by atoms with E-state index >= 15 is 0 Å². The van der Waals surface area contributed by atoms with Crippen LogP contribution in [-0.2, 0) is 11.2 Å². The fourth-order valence-corrected chi connectivity index (χ4v) is 3.45. The van der Waals surface area contributed by atoms with Gasteiger partial charge in [0.1, 0.15) is 5.75 Å². The van der Waals surface area contributed by atoms with Gasteiger partial charge in [0.15, 0.2) is 0 Å². The minimum Gasteiger partial charge on any atom is -0.493 e. The molecule has 3 nitrogen and oxygen atoms in total. The Labute approximate surface area is 150 Å². The smallest absolute Gasteiger partial charge is 0.225 e. The summed E-state index contributed by atoms with van der Waals surface area (Å²) in [6, 6.07) is 18.6. The van der Waals surface area contributed by atoms with E-state index in [9.17, 15) is 4.79 Å². The predicted molar refractivity (Wildman–Crippen MR) is 101 cm³/mol. The van der Waals surface area contributed by atoms with Gasteiger partial charge in [0.05, 0.1) is 13.0 Å². The molecule has 1 heterocycles. The number of aryl methyl sites for hydroxylation is 1. The molecule has 132 valence electrons. The molecular formula is C22H27NO2. The Hall–Kier alpha value is -2.29. The maximum Gasteiger partial charge on any atom is 0.225 e. The fourth-order valence-electron chi connectivity index (χ4n) is 3.45. The van der Waals surface area contributed by atoms with Crippen LogP contribution in [0, 0.1) is 12.8 Å². The van der Waals surface area contributed by atoms with Gasteiger partial charge in [0.2, 0.25) is 5.91 Å². The third kappa shape index (κ3) is 5.35. The molecule has 0 radical (unpaired) electrons. The third-order valence-corrected chi connectivity index (χ3v) is 4.91. The lowest BCUT2D eigenvalue weighted by Crippen LogP contribution is -2.39. The molecule has 1 saturated heterocycles. The minimum absolute atomic E-state index is 0.214. The molecule has 2 aromatic rings. The average molecular weight is 337 g/mol. The van der Waals surface area contributed by atoms with Crippen molar-refractivity contribution in [2.75, 3.05) is 19.7 Å². The van der Waals surface area contributed by atoms with Crippen molar-refractivity contribution in [3.63, 3.8) is 0 Å². The van der Waals surface area contributed by atoms with Crippen LogP contribution in [0.1, 0.15) is 30.4 Å². The zero-order valence-corrected chi connectivity index (χ0v) is 15.0. The maximum atomic E-state index is 12.4. The van der Waals surface area contributed by atoms with Crippen molar-refractivity contribution < 1.29 is 9.53 Å². The van der Waals surface area contributed by atoms with Crippen LogP contribution >= 0.6 is 0 Å². The Kier molecular flexibility index (Phi) is 6.10. The molecular weight excluding hydrogens is 310 g/mol. The SMILES string of the molecule is Cc1cccc(OCCC(=O)N2CCC(Cc3ccccc3)CC2)c1. The molecule has 1 aliphatic heterocycles. The fraction of sp³-hybridized carbons (Fsp3) is 0.409. The van der Waals surface area contributed by atoms with E-state index in [-0.39, 0.29) is 5.91 Å².